The van der Waals surface area contributed by atoms with E-state index in [4.69, 9.17) is 4.74 Å². The molecule has 2 atom stereocenters. The standard InChI is InChI=1S/C18H24N2O2S/c1-14(22-12-15-7-5-4-6-8-15)18(21)19-11-17(20(2)3)16-9-10-23-13-16/h4-10,13-14,17H,11-12H2,1-3H3,(H,19,21)/t14-,17-/m1/s1. The zero-order chi connectivity index (χ0) is 16.7. The van der Waals surface area contributed by atoms with Gasteiger partial charge in [-0.15, -0.1) is 0 Å². The Labute approximate surface area is 142 Å². The van der Waals surface area contributed by atoms with Crippen LogP contribution < -0.4 is 5.32 Å². The van der Waals surface area contributed by atoms with Crippen molar-refractivity contribution in [1.82, 2.24) is 10.2 Å². The van der Waals surface area contributed by atoms with Crippen molar-refractivity contribution in [2.75, 3.05) is 20.6 Å². The lowest BCUT2D eigenvalue weighted by molar-refractivity contribution is -0.132. The van der Waals surface area contributed by atoms with Gasteiger partial charge >= 0.3 is 0 Å². The zero-order valence-electron chi connectivity index (χ0n) is 13.9. The fraction of sp³-hybridized carbons (Fsp3) is 0.389. The number of amides is 1. The Hall–Kier alpha value is -1.69. The Morgan fingerprint density at radius 1 is 1.26 bits per heavy atom. The highest BCUT2D eigenvalue weighted by Gasteiger charge is 2.18. The summed E-state index contributed by atoms with van der Waals surface area (Å²) in [5.41, 5.74) is 2.29. The summed E-state index contributed by atoms with van der Waals surface area (Å²) < 4.78 is 5.65. The molecule has 124 valence electrons. The van der Waals surface area contributed by atoms with E-state index in [0.717, 1.165) is 5.56 Å². The van der Waals surface area contributed by atoms with Gasteiger partial charge in [0.15, 0.2) is 0 Å². The molecule has 0 bridgehead atoms. The van der Waals surface area contributed by atoms with Gasteiger partial charge < -0.3 is 15.0 Å². The molecule has 0 spiro atoms. The number of thiophene rings is 1. The smallest absolute Gasteiger partial charge is 0.248 e. The molecule has 0 aliphatic carbocycles. The fourth-order valence-electron chi connectivity index (χ4n) is 2.28. The first-order valence-electron chi connectivity index (χ1n) is 7.69. The molecule has 1 aromatic carbocycles. The molecule has 0 radical (unpaired) electrons. The van der Waals surface area contributed by atoms with Gasteiger partial charge in [0.1, 0.15) is 6.10 Å². The summed E-state index contributed by atoms with van der Waals surface area (Å²) in [4.78, 5) is 14.3. The highest BCUT2D eigenvalue weighted by atomic mass is 32.1. The summed E-state index contributed by atoms with van der Waals surface area (Å²) in [6.07, 6.45) is -0.472. The maximum Gasteiger partial charge on any atom is 0.248 e. The molecule has 5 heteroatoms. The molecule has 0 saturated heterocycles. The number of carbonyl (C=O) groups excluding carboxylic acids is 1. The first kappa shape index (κ1) is 17.7. The second-order valence-electron chi connectivity index (χ2n) is 5.72. The molecule has 4 nitrogen and oxygen atoms in total. The molecule has 0 aliphatic rings. The van der Waals surface area contributed by atoms with Crippen LogP contribution in [-0.2, 0) is 16.1 Å². The number of hydrogen-bond donors (Lipinski definition) is 1. The van der Waals surface area contributed by atoms with Crippen LogP contribution in [-0.4, -0.2) is 37.6 Å². The van der Waals surface area contributed by atoms with Crippen molar-refractivity contribution in [3.05, 3.63) is 58.3 Å². The van der Waals surface area contributed by atoms with Gasteiger partial charge in [-0.25, -0.2) is 0 Å². The summed E-state index contributed by atoms with van der Waals surface area (Å²) in [6, 6.07) is 12.1. The number of nitrogens with one attached hydrogen (secondary N) is 1. The molecular weight excluding hydrogens is 308 g/mol. The van der Waals surface area contributed by atoms with Gasteiger partial charge in [0, 0.05) is 6.54 Å². The van der Waals surface area contributed by atoms with Crippen molar-refractivity contribution in [3.8, 4) is 0 Å². The third-order valence-corrected chi connectivity index (χ3v) is 4.43. The van der Waals surface area contributed by atoms with Crippen molar-refractivity contribution in [2.45, 2.75) is 25.7 Å². The third kappa shape index (κ3) is 5.46. The minimum atomic E-state index is -0.472. The highest BCUT2D eigenvalue weighted by molar-refractivity contribution is 7.07. The molecule has 23 heavy (non-hydrogen) atoms. The molecule has 1 N–H and O–H groups in total. The summed E-state index contributed by atoms with van der Waals surface area (Å²) in [5.74, 6) is -0.0805. The summed E-state index contributed by atoms with van der Waals surface area (Å²) in [5, 5.41) is 7.16. The van der Waals surface area contributed by atoms with Crippen LogP contribution in [0.5, 0.6) is 0 Å². The monoisotopic (exact) mass is 332 g/mol. The number of likely N-dealkylation sites (N-methyl/N-ethyl adjacent to an activating group) is 1. The molecule has 0 fully saturated rings. The second-order valence-corrected chi connectivity index (χ2v) is 6.50. The molecule has 0 aliphatic heterocycles. The van der Waals surface area contributed by atoms with Crippen LogP contribution in [0.2, 0.25) is 0 Å². The van der Waals surface area contributed by atoms with E-state index >= 15 is 0 Å². The summed E-state index contributed by atoms with van der Waals surface area (Å²) in [7, 11) is 4.04. The average molecular weight is 332 g/mol. The van der Waals surface area contributed by atoms with Gasteiger partial charge in [0.25, 0.3) is 0 Å². The van der Waals surface area contributed by atoms with Crippen molar-refractivity contribution >= 4 is 17.2 Å². The first-order chi connectivity index (χ1) is 11.1. The van der Waals surface area contributed by atoms with Crippen LogP contribution in [0.15, 0.2) is 47.2 Å². The summed E-state index contributed by atoms with van der Waals surface area (Å²) >= 11 is 1.67. The Kier molecular flexibility index (Phi) is 6.77. The minimum absolute atomic E-state index is 0.0805. The van der Waals surface area contributed by atoms with Crippen LogP contribution in [0.25, 0.3) is 0 Å². The van der Waals surface area contributed by atoms with E-state index in [1.54, 1.807) is 18.3 Å². The SMILES string of the molecule is C[C@@H](OCc1ccccc1)C(=O)NC[C@H](c1ccsc1)N(C)C. The molecular formula is C18H24N2O2S. The predicted molar refractivity (Wildman–Crippen MR) is 94.4 cm³/mol. The molecule has 2 rings (SSSR count). The Morgan fingerprint density at radius 3 is 2.61 bits per heavy atom. The maximum atomic E-state index is 12.2. The lowest BCUT2D eigenvalue weighted by atomic mass is 10.1. The van der Waals surface area contributed by atoms with Gasteiger partial charge in [-0.2, -0.15) is 11.3 Å². The quantitative estimate of drug-likeness (QED) is 0.808. The van der Waals surface area contributed by atoms with Gasteiger partial charge in [0.2, 0.25) is 5.91 Å². The Balaban J connectivity index is 1.81. The van der Waals surface area contributed by atoms with E-state index in [-0.39, 0.29) is 11.9 Å². The normalized spacial score (nSPS) is 13.7. The van der Waals surface area contributed by atoms with Gasteiger partial charge in [-0.1, -0.05) is 30.3 Å². The van der Waals surface area contributed by atoms with Crippen molar-refractivity contribution in [3.63, 3.8) is 0 Å². The maximum absolute atomic E-state index is 12.2. The average Bonchev–Trinajstić information content (AvgIpc) is 3.07. The molecule has 2 aromatic rings. The molecule has 1 amide bonds. The number of carbonyl (C=O) groups is 1. The molecule has 0 saturated carbocycles. The minimum Gasteiger partial charge on any atom is -0.364 e. The fourth-order valence-corrected chi connectivity index (χ4v) is 2.98. The van der Waals surface area contributed by atoms with E-state index in [1.165, 1.54) is 5.56 Å². The topological polar surface area (TPSA) is 41.6 Å². The second kappa shape index (κ2) is 8.82. The number of hydrogen-bond acceptors (Lipinski definition) is 4. The van der Waals surface area contributed by atoms with E-state index < -0.39 is 6.10 Å². The number of benzene rings is 1. The number of nitrogens with zero attached hydrogens (tertiary/aromatic N) is 1. The van der Waals surface area contributed by atoms with Gasteiger partial charge in [0.05, 0.1) is 12.6 Å². The molecule has 1 aromatic heterocycles. The van der Waals surface area contributed by atoms with Crippen LogP contribution >= 0.6 is 11.3 Å². The van der Waals surface area contributed by atoms with E-state index in [2.05, 4.69) is 27.0 Å². The van der Waals surface area contributed by atoms with Gasteiger partial charge in [-0.05, 0) is 49.0 Å². The van der Waals surface area contributed by atoms with Crippen LogP contribution in [0, 0.1) is 0 Å². The van der Waals surface area contributed by atoms with Gasteiger partial charge in [-0.3, -0.25) is 4.79 Å². The van der Waals surface area contributed by atoms with E-state index in [1.807, 2.05) is 44.4 Å². The van der Waals surface area contributed by atoms with Crippen LogP contribution in [0.4, 0.5) is 0 Å². The largest absolute Gasteiger partial charge is 0.364 e. The van der Waals surface area contributed by atoms with E-state index in [0.29, 0.717) is 13.2 Å². The zero-order valence-corrected chi connectivity index (χ0v) is 14.7. The number of rotatable bonds is 8. The number of ether oxygens (including phenoxy) is 1. The van der Waals surface area contributed by atoms with E-state index in [9.17, 15) is 4.79 Å². The van der Waals surface area contributed by atoms with Crippen molar-refractivity contribution < 1.29 is 9.53 Å². The summed E-state index contributed by atoms with van der Waals surface area (Å²) in [6.45, 7) is 2.80. The van der Waals surface area contributed by atoms with Crippen LogP contribution in [0.3, 0.4) is 0 Å². The molecule has 1 heterocycles. The third-order valence-electron chi connectivity index (χ3n) is 3.73. The highest BCUT2D eigenvalue weighted by Crippen LogP contribution is 2.20. The van der Waals surface area contributed by atoms with Crippen molar-refractivity contribution in [2.24, 2.45) is 0 Å². The Bertz CT molecular complexity index is 584. The molecule has 0 unspecified atom stereocenters. The van der Waals surface area contributed by atoms with Crippen molar-refractivity contribution in [1.29, 1.82) is 0 Å². The Morgan fingerprint density at radius 2 is 2.00 bits per heavy atom. The first-order valence-corrected chi connectivity index (χ1v) is 8.64. The van der Waals surface area contributed by atoms with Crippen LogP contribution in [0.1, 0.15) is 24.1 Å². The predicted octanol–water partition coefficient (Wildman–Crippen LogP) is 3.07. The lowest BCUT2D eigenvalue weighted by Gasteiger charge is -2.24. The lowest BCUT2D eigenvalue weighted by Crippen LogP contribution is -2.39.